The molecule has 2 amide bonds. The van der Waals surface area contributed by atoms with Crippen molar-refractivity contribution in [1.82, 2.24) is 13.0 Å². The minimum atomic E-state index is -5.08. The normalized spacial score (nSPS) is 18.4. The standard InChI is InChI=1S/C34H37F7IN5O2/c1-20-11-26(35)7-8-27(20)28-15-30(47-19-42-18-45(22(3)48)9-10-46(42)17-21(47)2)43-16-29(28)44(6)31(49)32(4,5)23-12-24(33(36,37)38)14-25(13-23)34(39,40)41/h7-8,11-16,21H,9-10,17-19H2,1-6H3/t21-/m1/s1. The van der Waals surface area contributed by atoms with Crippen molar-refractivity contribution in [2.75, 3.05) is 45.6 Å². The Morgan fingerprint density at radius 2 is 1.51 bits per heavy atom. The van der Waals surface area contributed by atoms with E-state index in [1.807, 2.05) is 4.90 Å². The van der Waals surface area contributed by atoms with Gasteiger partial charge >= 0.3 is 256 Å². The van der Waals surface area contributed by atoms with Crippen LogP contribution in [-0.4, -0.2) is 66.6 Å². The van der Waals surface area contributed by atoms with E-state index in [0.29, 0.717) is 50.3 Å². The van der Waals surface area contributed by atoms with Gasteiger partial charge in [-0.2, -0.15) is 26.3 Å². The summed E-state index contributed by atoms with van der Waals surface area (Å²) in [4.78, 5) is 36.2. The fourth-order valence-corrected chi connectivity index (χ4v) is 12.9. The fraction of sp³-hybridized carbons (Fsp3) is 0.441. The molecule has 0 radical (unpaired) electrons. The first-order valence-corrected chi connectivity index (χ1v) is 19.4. The molecule has 2 saturated heterocycles. The molecule has 2 aliphatic rings. The summed E-state index contributed by atoms with van der Waals surface area (Å²) in [6, 6.07) is 7.16. The Balaban J connectivity index is 1.56. The molecule has 3 heterocycles. The second-order valence-electron chi connectivity index (χ2n) is 12.9. The zero-order valence-corrected chi connectivity index (χ0v) is 30.0. The van der Waals surface area contributed by atoms with Gasteiger partial charge < -0.3 is 0 Å². The van der Waals surface area contributed by atoms with Gasteiger partial charge in [0.05, 0.1) is 0 Å². The van der Waals surface area contributed by atoms with E-state index < -0.39 is 66.3 Å². The topological polar surface area (TPSA) is 60.0 Å². The quantitative estimate of drug-likeness (QED) is 0.0864. The predicted octanol–water partition coefficient (Wildman–Crippen LogP) is 7.88. The number of amides is 2. The predicted molar refractivity (Wildman–Crippen MR) is 182 cm³/mol. The minimum absolute atomic E-state index is 0.0286. The summed E-state index contributed by atoms with van der Waals surface area (Å²) in [5.74, 6) is -0.623. The molecule has 7 nitrogen and oxygen atoms in total. The van der Waals surface area contributed by atoms with Crippen molar-refractivity contribution in [3.05, 3.63) is 76.7 Å². The third kappa shape index (κ3) is 7.51. The van der Waals surface area contributed by atoms with Crippen LogP contribution in [0.2, 0.25) is 0 Å². The molecule has 266 valence electrons. The number of fused-ring (bicyclic) bond motifs is 1. The van der Waals surface area contributed by atoms with E-state index in [-0.39, 0.29) is 23.7 Å². The number of aromatic nitrogens is 1. The van der Waals surface area contributed by atoms with E-state index >= 15 is 0 Å². The number of rotatable bonds is 5. The molecule has 1 atom stereocenters. The van der Waals surface area contributed by atoms with E-state index in [4.69, 9.17) is 4.98 Å². The second-order valence-corrected chi connectivity index (χ2v) is 18.1. The molecule has 2 aliphatic heterocycles. The van der Waals surface area contributed by atoms with Crippen LogP contribution < -0.4 is 9.80 Å². The van der Waals surface area contributed by atoms with Gasteiger partial charge in [0, 0.05) is 0 Å². The van der Waals surface area contributed by atoms with E-state index in [1.54, 1.807) is 26.0 Å². The van der Waals surface area contributed by atoms with Crippen molar-refractivity contribution < 1.29 is 40.3 Å². The Morgan fingerprint density at radius 1 is 0.898 bits per heavy atom. The van der Waals surface area contributed by atoms with Crippen LogP contribution in [-0.2, 0) is 27.4 Å². The number of aryl methyl sites for hydroxylation is 1. The van der Waals surface area contributed by atoms with E-state index in [0.717, 1.165) is 13.1 Å². The molecule has 0 bridgehead atoms. The zero-order chi connectivity index (χ0) is 36.2. The molecule has 2 fully saturated rings. The van der Waals surface area contributed by atoms with Gasteiger partial charge in [-0.1, -0.05) is 0 Å². The SMILES string of the molecule is CC(=O)N1CCN2C[C@@H](C)N(c3cc(-c4ccc(F)cc4C)c(N(C)C(=O)C(C)(C)c4cc(C(F)(F)F)cc(C(F)(F)F)c4)cn3)CI2C1. The van der Waals surface area contributed by atoms with Crippen molar-refractivity contribution >= 4 is 43.4 Å². The van der Waals surface area contributed by atoms with E-state index in [1.165, 1.54) is 44.1 Å². The number of halogens is 8. The van der Waals surface area contributed by atoms with Gasteiger partial charge in [-0.3, -0.25) is 0 Å². The summed E-state index contributed by atoms with van der Waals surface area (Å²) in [7, 11) is 1.38. The number of nitrogens with zero attached hydrogens (tertiary/aromatic N) is 5. The Bertz CT molecular complexity index is 1730. The molecule has 0 saturated carbocycles. The first-order valence-electron chi connectivity index (χ1n) is 15.4. The number of benzene rings is 2. The number of pyridine rings is 1. The van der Waals surface area contributed by atoms with E-state index in [9.17, 15) is 40.3 Å². The number of carbonyl (C=O) groups is 2. The number of likely N-dealkylation sites (N-methyl/N-ethyl adjacent to an activating group) is 1. The fourth-order valence-electron chi connectivity index (χ4n) is 6.11. The summed E-state index contributed by atoms with van der Waals surface area (Å²) in [6.45, 7) is 10.2. The van der Waals surface area contributed by atoms with Gasteiger partial charge in [-0.25, -0.2) is 0 Å². The molecule has 0 N–H and O–H groups in total. The number of hydrogen-bond donors (Lipinski definition) is 0. The maximum absolute atomic E-state index is 14.2. The van der Waals surface area contributed by atoms with Crippen LogP contribution in [0.25, 0.3) is 11.1 Å². The van der Waals surface area contributed by atoms with Crippen molar-refractivity contribution in [3.63, 3.8) is 0 Å². The molecule has 15 heteroatoms. The number of carbonyl (C=O) groups excluding carboxylic acids is 2. The first-order chi connectivity index (χ1) is 22.7. The second kappa shape index (κ2) is 13.3. The Morgan fingerprint density at radius 3 is 2.08 bits per heavy atom. The molecule has 0 spiro atoms. The zero-order valence-electron chi connectivity index (χ0n) is 27.8. The third-order valence-corrected chi connectivity index (χ3v) is 15.0. The molecule has 2 aromatic carbocycles. The average molecular weight is 808 g/mol. The average Bonchev–Trinajstić information content (AvgIpc) is 3.02. The number of anilines is 2. The van der Waals surface area contributed by atoms with Crippen LogP contribution in [0.15, 0.2) is 48.7 Å². The molecular formula is C34H37F7IN5O2. The van der Waals surface area contributed by atoms with Gasteiger partial charge in [-0.05, 0) is 6.07 Å². The van der Waals surface area contributed by atoms with Crippen LogP contribution in [0.3, 0.4) is 0 Å². The monoisotopic (exact) mass is 807 g/mol. The molecule has 5 rings (SSSR count). The van der Waals surface area contributed by atoms with Gasteiger partial charge in [0.2, 0.25) is 0 Å². The van der Waals surface area contributed by atoms with E-state index in [2.05, 4.69) is 14.9 Å². The van der Waals surface area contributed by atoms with Gasteiger partial charge in [0.1, 0.15) is 0 Å². The van der Waals surface area contributed by atoms with Crippen LogP contribution in [0, 0.1) is 12.7 Å². The van der Waals surface area contributed by atoms with Crippen molar-refractivity contribution in [2.24, 2.45) is 0 Å². The molecule has 0 aliphatic carbocycles. The Kier molecular flexibility index (Phi) is 10.0. The maximum atomic E-state index is 14.2. The van der Waals surface area contributed by atoms with Gasteiger partial charge in [0.15, 0.2) is 0 Å². The van der Waals surface area contributed by atoms with Gasteiger partial charge in [0.25, 0.3) is 0 Å². The number of alkyl halides is 8. The van der Waals surface area contributed by atoms with Crippen LogP contribution in [0.4, 0.5) is 42.2 Å². The van der Waals surface area contributed by atoms with Crippen LogP contribution in [0.1, 0.15) is 49.9 Å². The summed E-state index contributed by atoms with van der Waals surface area (Å²) >= 11 is -1.82. The Hall–Kier alpha value is -3.47. The van der Waals surface area contributed by atoms with Crippen molar-refractivity contribution in [3.8, 4) is 11.1 Å². The summed E-state index contributed by atoms with van der Waals surface area (Å²) in [6.07, 6.45) is -8.70. The van der Waals surface area contributed by atoms with Crippen LogP contribution >= 0.6 is 20.1 Å². The molecule has 3 aromatic rings. The molecule has 1 aromatic heterocycles. The van der Waals surface area contributed by atoms with Crippen molar-refractivity contribution in [1.29, 1.82) is 0 Å². The first kappa shape index (κ1) is 36.8. The van der Waals surface area contributed by atoms with Gasteiger partial charge in [-0.15, -0.1) is 0 Å². The Labute approximate surface area is 287 Å². The van der Waals surface area contributed by atoms with Crippen molar-refractivity contribution in [2.45, 2.75) is 58.4 Å². The molecular weight excluding hydrogens is 770 g/mol. The summed E-state index contributed by atoms with van der Waals surface area (Å²) in [5.41, 5.74) is -3.49. The van der Waals surface area contributed by atoms with Crippen LogP contribution in [0.5, 0.6) is 0 Å². The summed E-state index contributed by atoms with van der Waals surface area (Å²) in [5, 5.41) is 0. The molecule has 0 unspecified atom stereocenters. The third-order valence-electron chi connectivity index (χ3n) is 9.09. The number of hydrogen-bond acceptors (Lipinski definition) is 5. The molecule has 49 heavy (non-hydrogen) atoms. The summed E-state index contributed by atoms with van der Waals surface area (Å²) < 4.78 is 100.